The van der Waals surface area contributed by atoms with Crippen molar-refractivity contribution in [2.24, 2.45) is 4.99 Å². The van der Waals surface area contributed by atoms with Crippen molar-refractivity contribution in [3.63, 3.8) is 0 Å². The molecule has 0 fully saturated rings. The number of nitrogens with zero attached hydrogens (tertiary/aromatic N) is 2. The highest BCUT2D eigenvalue weighted by molar-refractivity contribution is 5.64. The Labute approximate surface area is 118 Å². The first kappa shape index (κ1) is 12.7. The molecule has 0 amide bonds. The van der Waals surface area contributed by atoms with E-state index in [4.69, 9.17) is 4.74 Å². The van der Waals surface area contributed by atoms with Crippen LogP contribution in [0.5, 0.6) is 11.5 Å². The van der Waals surface area contributed by atoms with Gasteiger partial charge in [-0.05, 0) is 43.3 Å². The van der Waals surface area contributed by atoms with Gasteiger partial charge in [-0.1, -0.05) is 12.6 Å². The van der Waals surface area contributed by atoms with Crippen molar-refractivity contribution in [1.29, 1.82) is 0 Å². The summed E-state index contributed by atoms with van der Waals surface area (Å²) >= 11 is 0. The minimum absolute atomic E-state index is 0.779. The van der Waals surface area contributed by atoms with Crippen molar-refractivity contribution in [3.05, 3.63) is 47.0 Å². The highest BCUT2D eigenvalue weighted by atomic mass is 16.5. The van der Waals surface area contributed by atoms with Crippen LogP contribution in [-0.4, -0.2) is 13.1 Å². The Morgan fingerprint density at radius 2 is 1.85 bits per heavy atom. The van der Waals surface area contributed by atoms with Crippen LogP contribution in [0.4, 0.5) is 11.4 Å². The molecule has 0 saturated heterocycles. The van der Waals surface area contributed by atoms with Gasteiger partial charge in [0.1, 0.15) is 11.0 Å². The van der Waals surface area contributed by atoms with Gasteiger partial charge < -0.3 is 9.64 Å². The number of anilines is 1. The van der Waals surface area contributed by atoms with E-state index in [1.165, 1.54) is 0 Å². The van der Waals surface area contributed by atoms with Crippen LogP contribution in [-0.2, 0) is 0 Å². The molecular formula is C17H18N2O. The molecule has 0 spiro atoms. The minimum atomic E-state index is 0.779. The molecule has 0 aromatic heterocycles. The quantitative estimate of drug-likeness (QED) is 0.728. The average molecular weight is 266 g/mol. The lowest BCUT2D eigenvalue weighted by atomic mass is 10.2. The van der Waals surface area contributed by atoms with Gasteiger partial charge in [-0.15, -0.1) is 0 Å². The summed E-state index contributed by atoms with van der Waals surface area (Å²) in [5.41, 5.74) is 2.04. The fourth-order valence-corrected chi connectivity index (χ4v) is 2.44. The van der Waals surface area contributed by atoms with Crippen LogP contribution in [0, 0.1) is 0 Å². The third kappa shape index (κ3) is 2.16. The van der Waals surface area contributed by atoms with Gasteiger partial charge in [0.15, 0.2) is 11.5 Å². The smallest absolute Gasteiger partial charge is 0.155 e. The summed E-state index contributed by atoms with van der Waals surface area (Å²) in [4.78, 5) is 6.92. The first-order valence-electron chi connectivity index (χ1n) is 6.96. The maximum absolute atomic E-state index is 5.98. The second-order valence-electron chi connectivity index (χ2n) is 4.84. The molecule has 3 heteroatoms. The summed E-state index contributed by atoms with van der Waals surface area (Å²) in [7, 11) is 0. The normalized spacial score (nSPS) is 11.9. The molecular weight excluding hydrogens is 248 g/mol. The highest BCUT2D eigenvalue weighted by Gasteiger charge is 2.14. The maximum Gasteiger partial charge on any atom is 0.155 e. The van der Waals surface area contributed by atoms with Crippen molar-refractivity contribution in [3.8, 4) is 11.5 Å². The van der Waals surface area contributed by atoms with Crippen molar-refractivity contribution in [2.75, 3.05) is 18.0 Å². The van der Waals surface area contributed by atoms with Crippen LogP contribution in [0.1, 0.15) is 13.8 Å². The Hall–Kier alpha value is -2.29. The van der Waals surface area contributed by atoms with Crippen LogP contribution in [0.15, 0.2) is 41.4 Å². The Morgan fingerprint density at radius 3 is 2.60 bits per heavy atom. The second-order valence-corrected chi connectivity index (χ2v) is 4.84. The molecule has 1 aliphatic heterocycles. The van der Waals surface area contributed by atoms with Gasteiger partial charge in [0.25, 0.3) is 0 Å². The number of hydrogen-bond acceptors (Lipinski definition) is 3. The molecule has 0 aliphatic carbocycles. The van der Waals surface area contributed by atoms with Crippen molar-refractivity contribution >= 4 is 18.0 Å². The average Bonchev–Trinajstić information content (AvgIpc) is 2.46. The Balaban J connectivity index is 2.08. The van der Waals surface area contributed by atoms with Crippen molar-refractivity contribution < 1.29 is 4.74 Å². The predicted octanol–water partition coefficient (Wildman–Crippen LogP) is 3.00. The van der Waals surface area contributed by atoms with Gasteiger partial charge in [0.05, 0.1) is 0 Å². The van der Waals surface area contributed by atoms with Gasteiger partial charge in [-0.2, -0.15) is 0 Å². The molecule has 2 aromatic rings. The van der Waals surface area contributed by atoms with Crippen LogP contribution >= 0.6 is 0 Å². The van der Waals surface area contributed by atoms with Gasteiger partial charge >= 0.3 is 0 Å². The lowest BCUT2D eigenvalue weighted by Crippen LogP contribution is -2.22. The number of benzene rings is 2. The second kappa shape index (κ2) is 5.00. The van der Waals surface area contributed by atoms with E-state index in [0.717, 1.165) is 46.5 Å². The fourth-order valence-electron chi connectivity index (χ4n) is 2.44. The molecule has 0 N–H and O–H groups in total. The van der Waals surface area contributed by atoms with Crippen LogP contribution in [0.3, 0.4) is 0 Å². The molecule has 3 nitrogen and oxygen atoms in total. The highest BCUT2D eigenvalue weighted by Crippen LogP contribution is 2.36. The van der Waals surface area contributed by atoms with Gasteiger partial charge in [-0.25, -0.2) is 4.99 Å². The van der Waals surface area contributed by atoms with E-state index in [2.05, 4.69) is 42.5 Å². The van der Waals surface area contributed by atoms with Crippen LogP contribution in [0.25, 0.3) is 6.58 Å². The molecule has 0 saturated carbocycles. The minimum Gasteiger partial charge on any atom is -0.453 e. The van der Waals surface area contributed by atoms with E-state index in [1.54, 1.807) is 0 Å². The van der Waals surface area contributed by atoms with Crippen molar-refractivity contribution in [2.45, 2.75) is 13.8 Å². The summed E-state index contributed by atoms with van der Waals surface area (Å²) in [5.74, 6) is 1.59. The molecule has 1 aliphatic rings. The third-order valence-electron chi connectivity index (χ3n) is 3.56. The molecule has 0 atom stereocenters. The summed E-state index contributed by atoms with van der Waals surface area (Å²) in [6, 6.07) is 12.0. The summed E-state index contributed by atoms with van der Waals surface area (Å²) < 4.78 is 5.98. The largest absolute Gasteiger partial charge is 0.453 e. The molecule has 0 unspecified atom stereocenters. The van der Waals surface area contributed by atoms with Crippen LogP contribution in [0.2, 0.25) is 0 Å². The molecule has 3 rings (SSSR count). The fraction of sp³-hybridized carbons (Fsp3) is 0.235. The third-order valence-corrected chi connectivity index (χ3v) is 3.56. The summed E-state index contributed by atoms with van der Waals surface area (Å²) in [6.45, 7) is 10.2. The summed E-state index contributed by atoms with van der Waals surface area (Å²) in [5, 5.41) is 1.79. The van der Waals surface area contributed by atoms with E-state index in [1.807, 2.05) is 24.3 Å². The van der Waals surface area contributed by atoms with Crippen molar-refractivity contribution in [1.82, 2.24) is 0 Å². The Morgan fingerprint density at radius 1 is 1.05 bits per heavy atom. The molecule has 20 heavy (non-hydrogen) atoms. The lowest BCUT2D eigenvalue weighted by molar-refractivity contribution is 0.469. The zero-order chi connectivity index (χ0) is 14.1. The standard InChI is InChI=1S/C17H18N2O/c1-4-19(5-2)13-7-9-15-17(11-13)20-16-10-12(3)6-8-14(16)18-15/h6-11H,3-5H2,1-2H3. The van der Waals surface area contributed by atoms with E-state index in [0.29, 0.717) is 0 Å². The molecule has 2 aromatic carbocycles. The number of ether oxygens (including phenoxy) is 1. The number of rotatable bonds is 3. The van der Waals surface area contributed by atoms with E-state index in [9.17, 15) is 0 Å². The molecule has 102 valence electrons. The predicted molar refractivity (Wildman–Crippen MR) is 82.5 cm³/mol. The molecule has 1 heterocycles. The summed E-state index contributed by atoms with van der Waals surface area (Å²) in [6.07, 6.45) is 0. The van der Waals surface area contributed by atoms with E-state index >= 15 is 0 Å². The monoisotopic (exact) mass is 266 g/mol. The topological polar surface area (TPSA) is 24.8 Å². The van der Waals surface area contributed by atoms with Gasteiger partial charge in [0.2, 0.25) is 0 Å². The van der Waals surface area contributed by atoms with E-state index in [-0.39, 0.29) is 0 Å². The van der Waals surface area contributed by atoms with Gasteiger partial charge in [-0.3, -0.25) is 0 Å². The molecule has 0 bridgehead atoms. The molecule has 0 radical (unpaired) electrons. The maximum atomic E-state index is 5.98. The van der Waals surface area contributed by atoms with Crippen LogP contribution < -0.4 is 20.2 Å². The Bertz CT molecular complexity index is 748. The Kier molecular flexibility index (Phi) is 3.18. The lowest BCUT2D eigenvalue weighted by Gasteiger charge is -2.23. The zero-order valence-electron chi connectivity index (χ0n) is 11.9. The SMILES string of the molecule is C=c1ccc2c(c1)Oc1cc(N(CC)CC)ccc1N=2. The zero-order valence-corrected chi connectivity index (χ0v) is 11.9. The van der Waals surface area contributed by atoms with E-state index < -0.39 is 0 Å². The van der Waals surface area contributed by atoms with Gasteiger partial charge in [0, 0.05) is 24.8 Å². The first-order chi connectivity index (χ1) is 9.71. The number of hydrogen-bond donors (Lipinski definition) is 0. The first-order valence-corrected chi connectivity index (χ1v) is 6.96. The number of fused-ring (bicyclic) bond motifs is 2.